The molecular formula is C12H27N3. The summed E-state index contributed by atoms with van der Waals surface area (Å²) >= 11 is 0. The Kier molecular flexibility index (Phi) is 6.22. The molecule has 1 fully saturated rings. The molecule has 0 spiro atoms. The molecule has 0 saturated carbocycles. The van der Waals surface area contributed by atoms with Crippen molar-refractivity contribution in [3.8, 4) is 0 Å². The van der Waals surface area contributed by atoms with Gasteiger partial charge in [0.25, 0.3) is 0 Å². The van der Waals surface area contributed by atoms with E-state index in [0.29, 0.717) is 6.04 Å². The summed E-state index contributed by atoms with van der Waals surface area (Å²) in [6.07, 6.45) is 3.97. The third kappa shape index (κ3) is 6.13. The number of nitrogens with one attached hydrogen (secondary N) is 1. The van der Waals surface area contributed by atoms with Crippen LogP contribution in [0.15, 0.2) is 0 Å². The molecule has 1 rings (SSSR count). The fraction of sp³-hybridized carbons (Fsp3) is 1.00. The van der Waals surface area contributed by atoms with Crippen LogP contribution in [0.3, 0.4) is 0 Å². The van der Waals surface area contributed by atoms with Crippen LogP contribution < -0.4 is 5.32 Å². The van der Waals surface area contributed by atoms with Gasteiger partial charge in [0.05, 0.1) is 0 Å². The molecule has 1 aliphatic heterocycles. The first-order chi connectivity index (χ1) is 7.18. The quantitative estimate of drug-likeness (QED) is 0.688. The van der Waals surface area contributed by atoms with Crippen molar-refractivity contribution >= 4 is 0 Å². The van der Waals surface area contributed by atoms with E-state index in [1.807, 2.05) is 0 Å². The Balaban J connectivity index is 2.05. The summed E-state index contributed by atoms with van der Waals surface area (Å²) in [5.74, 6) is 0. The fourth-order valence-electron chi connectivity index (χ4n) is 2.05. The van der Waals surface area contributed by atoms with Crippen molar-refractivity contribution in [2.75, 3.05) is 46.8 Å². The van der Waals surface area contributed by atoms with E-state index in [9.17, 15) is 0 Å². The van der Waals surface area contributed by atoms with Gasteiger partial charge in [0.1, 0.15) is 0 Å². The summed E-state index contributed by atoms with van der Waals surface area (Å²) in [6.45, 7) is 8.46. The fourth-order valence-corrected chi connectivity index (χ4v) is 2.05. The van der Waals surface area contributed by atoms with Gasteiger partial charge < -0.3 is 15.1 Å². The van der Waals surface area contributed by atoms with E-state index >= 15 is 0 Å². The lowest BCUT2D eigenvalue weighted by atomic mass is 10.2. The predicted molar refractivity (Wildman–Crippen MR) is 66.3 cm³/mol. The minimum absolute atomic E-state index is 0.705. The molecule has 3 nitrogen and oxygen atoms in total. The molecule has 0 aliphatic carbocycles. The maximum absolute atomic E-state index is 3.53. The monoisotopic (exact) mass is 213 g/mol. The van der Waals surface area contributed by atoms with E-state index in [-0.39, 0.29) is 0 Å². The molecule has 0 radical (unpaired) electrons. The Bertz CT molecular complexity index is 159. The van der Waals surface area contributed by atoms with Gasteiger partial charge in [-0.15, -0.1) is 0 Å². The summed E-state index contributed by atoms with van der Waals surface area (Å²) in [7, 11) is 4.30. The molecule has 1 atom stereocenters. The van der Waals surface area contributed by atoms with Crippen LogP contribution >= 0.6 is 0 Å². The summed E-state index contributed by atoms with van der Waals surface area (Å²) in [6, 6.07) is 0.705. The van der Waals surface area contributed by atoms with Crippen LogP contribution in [0.4, 0.5) is 0 Å². The molecule has 0 bridgehead atoms. The van der Waals surface area contributed by atoms with Crippen molar-refractivity contribution in [1.29, 1.82) is 0 Å². The second-order valence-electron chi connectivity index (χ2n) is 5.00. The number of rotatable bonds is 5. The molecule has 0 aromatic heterocycles. The van der Waals surface area contributed by atoms with Crippen molar-refractivity contribution < 1.29 is 0 Å². The van der Waals surface area contributed by atoms with Crippen LogP contribution in [0.2, 0.25) is 0 Å². The zero-order valence-corrected chi connectivity index (χ0v) is 10.6. The molecule has 0 aromatic rings. The van der Waals surface area contributed by atoms with Crippen molar-refractivity contribution in [3.63, 3.8) is 0 Å². The molecule has 1 unspecified atom stereocenters. The lowest BCUT2D eigenvalue weighted by Gasteiger charge is -2.19. The molecule has 0 amide bonds. The molecule has 90 valence electrons. The topological polar surface area (TPSA) is 18.5 Å². The van der Waals surface area contributed by atoms with E-state index in [1.165, 1.54) is 45.4 Å². The molecule has 1 N–H and O–H groups in total. The summed E-state index contributed by atoms with van der Waals surface area (Å²) in [4.78, 5) is 4.87. The van der Waals surface area contributed by atoms with Gasteiger partial charge in [-0.05, 0) is 59.9 Å². The largest absolute Gasteiger partial charge is 0.313 e. The Morgan fingerprint density at radius 1 is 1.27 bits per heavy atom. The molecular weight excluding hydrogens is 186 g/mol. The average molecular weight is 213 g/mol. The third-order valence-electron chi connectivity index (χ3n) is 3.13. The van der Waals surface area contributed by atoms with Crippen molar-refractivity contribution in [2.45, 2.75) is 32.2 Å². The first-order valence-corrected chi connectivity index (χ1v) is 6.29. The number of hydrogen-bond acceptors (Lipinski definition) is 3. The highest BCUT2D eigenvalue weighted by atomic mass is 15.2. The average Bonchev–Trinajstić information content (AvgIpc) is 2.38. The number of unbranched alkanes of at least 4 members (excludes halogenated alkanes) is 1. The van der Waals surface area contributed by atoms with Gasteiger partial charge in [0, 0.05) is 19.1 Å². The van der Waals surface area contributed by atoms with Crippen LogP contribution in [0, 0.1) is 0 Å². The standard InChI is InChI=1S/C12H27N3/c1-12-6-10-15(11-7-13-12)9-5-4-8-14(2)3/h12-13H,4-11H2,1-3H3. The van der Waals surface area contributed by atoms with Crippen molar-refractivity contribution in [1.82, 2.24) is 15.1 Å². The normalized spacial score (nSPS) is 24.4. The zero-order valence-electron chi connectivity index (χ0n) is 10.6. The SMILES string of the molecule is CC1CCN(CCCCN(C)C)CCN1. The maximum atomic E-state index is 3.53. The number of hydrogen-bond donors (Lipinski definition) is 1. The Labute approximate surface area is 94.8 Å². The van der Waals surface area contributed by atoms with Crippen LogP contribution in [-0.4, -0.2) is 62.7 Å². The van der Waals surface area contributed by atoms with Gasteiger partial charge in [-0.25, -0.2) is 0 Å². The van der Waals surface area contributed by atoms with Gasteiger partial charge in [-0.1, -0.05) is 0 Å². The van der Waals surface area contributed by atoms with Gasteiger partial charge in [0.15, 0.2) is 0 Å². The van der Waals surface area contributed by atoms with E-state index < -0.39 is 0 Å². The van der Waals surface area contributed by atoms with Crippen LogP contribution in [0.5, 0.6) is 0 Å². The van der Waals surface area contributed by atoms with Crippen molar-refractivity contribution in [2.24, 2.45) is 0 Å². The molecule has 1 aliphatic rings. The molecule has 3 heteroatoms. The lowest BCUT2D eigenvalue weighted by molar-refractivity contribution is 0.276. The maximum Gasteiger partial charge on any atom is 0.0107 e. The smallest absolute Gasteiger partial charge is 0.0107 e. The second-order valence-corrected chi connectivity index (χ2v) is 5.00. The van der Waals surface area contributed by atoms with E-state index in [1.54, 1.807) is 0 Å². The zero-order chi connectivity index (χ0) is 11.1. The lowest BCUT2D eigenvalue weighted by Crippen LogP contribution is -2.30. The highest BCUT2D eigenvalue weighted by Crippen LogP contribution is 2.03. The second kappa shape index (κ2) is 7.20. The molecule has 15 heavy (non-hydrogen) atoms. The van der Waals surface area contributed by atoms with Gasteiger partial charge >= 0.3 is 0 Å². The Morgan fingerprint density at radius 2 is 2.07 bits per heavy atom. The summed E-state index contributed by atoms with van der Waals surface area (Å²) in [5.41, 5.74) is 0. The molecule has 1 heterocycles. The summed E-state index contributed by atoms with van der Waals surface area (Å²) < 4.78 is 0. The number of nitrogens with zero attached hydrogens (tertiary/aromatic N) is 2. The van der Waals surface area contributed by atoms with Gasteiger partial charge in [-0.3, -0.25) is 0 Å². The third-order valence-corrected chi connectivity index (χ3v) is 3.13. The van der Waals surface area contributed by atoms with E-state index in [2.05, 4.69) is 36.1 Å². The van der Waals surface area contributed by atoms with Crippen LogP contribution in [0.25, 0.3) is 0 Å². The minimum Gasteiger partial charge on any atom is -0.313 e. The minimum atomic E-state index is 0.705. The predicted octanol–water partition coefficient (Wildman–Crippen LogP) is 1.01. The highest BCUT2D eigenvalue weighted by Gasteiger charge is 2.11. The highest BCUT2D eigenvalue weighted by molar-refractivity contribution is 4.71. The molecule has 0 aromatic carbocycles. The summed E-state index contributed by atoms with van der Waals surface area (Å²) in [5, 5.41) is 3.53. The van der Waals surface area contributed by atoms with Crippen LogP contribution in [-0.2, 0) is 0 Å². The molecule has 1 saturated heterocycles. The van der Waals surface area contributed by atoms with Crippen LogP contribution in [0.1, 0.15) is 26.2 Å². The Hall–Kier alpha value is -0.120. The first-order valence-electron chi connectivity index (χ1n) is 6.29. The van der Waals surface area contributed by atoms with Crippen molar-refractivity contribution in [3.05, 3.63) is 0 Å². The van der Waals surface area contributed by atoms with E-state index in [4.69, 9.17) is 0 Å². The van der Waals surface area contributed by atoms with Gasteiger partial charge in [0.2, 0.25) is 0 Å². The Morgan fingerprint density at radius 3 is 2.80 bits per heavy atom. The first kappa shape index (κ1) is 12.9. The van der Waals surface area contributed by atoms with E-state index in [0.717, 1.165) is 6.54 Å². The van der Waals surface area contributed by atoms with Gasteiger partial charge in [-0.2, -0.15) is 0 Å².